The largest absolute Gasteiger partial charge is 0.418 e. The molecule has 0 bridgehead atoms. The number of imidazole rings is 1. The minimum atomic E-state index is -0.271. The van der Waals surface area contributed by atoms with Crippen LogP contribution in [-0.4, -0.2) is 19.7 Å². The monoisotopic (exact) mass is 534 g/mol. The second kappa shape index (κ2) is 9.07. The van der Waals surface area contributed by atoms with E-state index in [1.807, 2.05) is 72.8 Å². The molecule has 0 saturated heterocycles. The third-order valence-electron chi connectivity index (χ3n) is 6.69. The molecule has 1 saturated carbocycles. The fraction of sp³-hybridized carbons (Fsp3) is 0.179. The maximum absolute atomic E-state index is 6.61. The zero-order valence-corrected chi connectivity index (χ0v) is 21.6. The summed E-state index contributed by atoms with van der Waals surface area (Å²) in [4.78, 5) is 5.01. The molecule has 1 fully saturated rings. The second-order valence-corrected chi connectivity index (χ2v) is 10.2. The lowest BCUT2D eigenvalue weighted by Crippen LogP contribution is -2.08. The van der Waals surface area contributed by atoms with Gasteiger partial charge in [0.25, 0.3) is 5.89 Å². The van der Waals surface area contributed by atoms with Crippen molar-refractivity contribution in [3.8, 4) is 28.7 Å². The molecule has 2 heterocycles. The van der Waals surface area contributed by atoms with Crippen molar-refractivity contribution in [1.29, 1.82) is 0 Å². The Balaban J connectivity index is 1.50. The summed E-state index contributed by atoms with van der Waals surface area (Å²) in [5.74, 6) is 1.69. The third kappa shape index (κ3) is 3.92. The van der Waals surface area contributed by atoms with E-state index >= 15 is 0 Å². The van der Waals surface area contributed by atoms with Crippen LogP contribution in [0.3, 0.4) is 0 Å². The average molecular weight is 536 g/mol. The summed E-state index contributed by atoms with van der Waals surface area (Å²) in [5, 5.41) is 10.9. The Bertz CT molecular complexity index is 1550. The van der Waals surface area contributed by atoms with E-state index < -0.39 is 0 Å². The standard InChI is InChI=1S/C28H21Cl3N4O/c1-2-23-24(26-33-34-27(36-26)28(15-16-28)17-7-9-18(29)10-8-17)32-25(21-5-3-4-6-22(21)31)35(23)20-13-11-19(30)12-14-20/h3-14H,2,15-16H2,1H3. The first-order valence-electron chi connectivity index (χ1n) is 11.7. The molecule has 6 rings (SSSR count). The van der Waals surface area contributed by atoms with Crippen LogP contribution in [0, 0.1) is 0 Å². The predicted octanol–water partition coefficient (Wildman–Crippen LogP) is 8.19. The van der Waals surface area contributed by atoms with E-state index in [1.165, 1.54) is 0 Å². The van der Waals surface area contributed by atoms with Gasteiger partial charge < -0.3 is 4.42 Å². The number of rotatable bonds is 6. The van der Waals surface area contributed by atoms with Crippen molar-refractivity contribution in [2.24, 2.45) is 0 Å². The molecule has 5 aromatic rings. The van der Waals surface area contributed by atoms with Crippen LogP contribution in [0.25, 0.3) is 28.7 Å². The van der Waals surface area contributed by atoms with Crippen molar-refractivity contribution in [3.63, 3.8) is 0 Å². The molecule has 0 unspecified atom stereocenters. The van der Waals surface area contributed by atoms with Gasteiger partial charge in [0.15, 0.2) is 0 Å². The van der Waals surface area contributed by atoms with Gasteiger partial charge in [0.1, 0.15) is 11.5 Å². The van der Waals surface area contributed by atoms with Crippen molar-refractivity contribution < 1.29 is 4.42 Å². The van der Waals surface area contributed by atoms with E-state index in [0.717, 1.165) is 35.3 Å². The van der Waals surface area contributed by atoms with Crippen molar-refractivity contribution in [2.45, 2.75) is 31.6 Å². The van der Waals surface area contributed by atoms with Crippen LogP contribution < -0.4 is 0 Å². The first kappa shape index (κ1) is 23.3. The molecule has 36 heavy (non-hydrogen) atoms. The summed E-state index contributed by atoms with van der Waals surface area (Å²) >= 11 is 18.9. The fourth-order valence-corrected chi connectivity index (χ4v) is 5.15. The third-order valence-corrected chi connectivity index (χ3v) is 7.52. The van der Waals surface area contributed by atoms with Gasteiger partial charge in [-0.3, -0.25) is 4.57 Å². The van der Waals surface area contributed by atoms with Gasteiger partial charge in [-0.15, -0.1) is 10.2 Å². The van der Waals surface area contributed by atoms with Crippen LogP contribution in [-0.2, 0) is 11.8 Å². The molecule has 0 atom stereocenters. The van der Waals surface area contributed by atoms with Crippen molar-refractivity contribution >= 4 is 34.8 Å². The Hall–Kier alpha value is -3.12. The average Bonchev–Trinajstić information content (AvgIpc) is 3.38. The van der Waals surface area contributed by atoms with E-state index in [9.17, 15) is 0 Å². The van der Waals surface area contributed by atoms with Gasteiger partial charge in [0.05, 0.1) is 16.1 Å². The molecular weight excluding hydrogens is 515 g/mol. The van der Waals surface area contributed by atoms with Crippen LogP contribution in [0.15, 0.2) is 77.2 Å². The highest BCUT2D eigenvalue weighted by atomic mass is 35.5. The van der Waals surface area contributed by atoms with E-state index in [2.05, 4.69) is 21.7 Å². The van der Waals surface area contributed by atoms with Crippen LogP contribution >= 0.6 is 34.8 Å². The van der Waals surface area contributed by atoms with Gasteiger partial charge in [-0.1, -0.05) is 66.0 Å². The number of hydrogen-bond acceptors (Lipinski definition) is 4. The van der Waals surface area contributed by atoms with E-state index in [-0.39, 0.29) is 5.41 Å². The van der Waals surface area contributed by atoms with Crippen molar-refractivity contribution in [2.75, 3.05) is 0 Å². The number of hydrogen-bond donors (Lipinski definition) is 0. The van der Waals surface area contributed by atoms with Crippen LogP contribution in [0.4, 0.5) is 0 Å². The molecule has 3 aromatic carbocycles. The number of halogens is 3. The molecule has 0 spiro atoms. The van der Waals surface area contributed by atoms with E-state index in [0.29, 0.717) is 44.8 Å². The number of aromatic nitrogens is 4. The molecule has 8 heteroatoms. The Morgan fingerprint density at radius 1 is 0.861 bits per heavy atom. The summed E-state index contributed by atoms with van der Waals surface area (Å²) in [7, 11) is 0. The van der Waals surface area contributed by atoms with Crippen LogP contribution in [0.2, 0.25) is 15.1 Å². The highest BCUT2D eigenvalue weighted by Gasteiger charge is 2.51. The minimum Gasteiger partial charge on any atom is -0.418 e. The van der Waals surface area contributed by atoms with Gasteiger partial charge in [-0.2, -0.15) is 0 Å². The molecule has 1 aliphatic rings. The van der Waals surface area contributed by atoms with Crippen LogP contribution in [0.5, 0.6) is 0 Å². The quantitative estimate of drug-likeness (QED) is 0.220. The zero-order chi connectivity index (χ0) is 24.9. The molecule has 0 amide bonds. The molecule has 0 radical (unpaired) electrons. The van der Waals surface area contributed by atoms with Gasteiger partial charge in [-0.05, 0) is 73.4 Å². The zero-order valence-electron chi connectivity index (χ0n) is 19.4. The molecule has 5 nitrogen and oxygen atoms in total. The van der Waals surface area contributed by atoms with E-state index in [4.69, 9.17) is 44.2 Å². The Labute approximate surface area is 223 Å². The first-order valence-corrected chi connectivity index (χ1v) is 12.9. The highest BCUT2D eigenvalue weighted by Crippen LogP contribution is 2.53. The number of nitrogens with zero attached hydrogens (tertiary/aromatic N) is 4. The second-order valence-electron chi connectivity index (χ2n) is 8.88. The lowest BCUT2D eigenvalue weighted by Gasteiger charge is -2.12. The Morgan fingerprint density at radius 2 is 1.53 bits per heavy atom. The molecule has 0 aliphatic heterocycles. The smallest absolute Gasteiger partial charge is 0.268 e. The minimum absolute atomic E-state index is 0.271. The van der Waals surface area contributed by atoms with Gasteiger partial charge in [0.2, 0.25) is 5.89 Å². The maximum atomic E-state index is 6.61. The maximum Gasteiger partial charge on any atom is 0.268 e. The fourth-order valence-electron chi connectivity index (χ4n) is 4.67. The molecule has 2 aromatic heterocycles. The van der Waals surface area contributed by atoms with Crippen molar-refractivity contribution in [1.82, 2.24) is 19.7 Å². The first-order chi connectivity index (χ1) is 17.5. The predicted molar refractivity (Wildman–Crippen MR) is 143 cm³/mol. The molecule has 180 valence electrons. The van der Waals surface area contributed by atoms with Gasteiger partial charge in [0, 0.05) is 21.3 Å². The lowest BCUT2D eigenvalue weighted by atomic mass is 9.96. The molecular formula is C28H21Cl3N4O. The molecule has 0 N–H and O–H groups in total. The van der Waals surface area contributed by atoms with Gasteiger partial charge >= 0.3 is 0 Å². The SMILES string of the molecule is CCc1c(-c2nnc(C3(c4ccc(Cl)cc4)CC3)o2)nc(-c2ccccc2Cl)n1-c1ccc(Cl)cc1. The van der Waals surface area contributed by atoms with Crippen LogP contribution in [0.1, 0.15) is 36.9 Å². The Kier molecular flexibility index (Phi) is 5.87. The summed E-state index contributed by atoms with van der Waals surface area (Å²) in [6.07, 6.45) is 2.58. The summed E-state index contributed by atoms with van der Waals surface area (Å²) < 4.78 is 8.41. The summed E-state index contributed by atoms with van der Waals surface area (Å²) in [5.41, 5.74) is 4.18. The lowest BCUT2D eigenvalue weighted by molar-refractivity contribution is 0.471. The number of benzene rings is 3. The van der Waals surface area contributed by atoms with Gasteiger partial charge in [-0.25, -0.2) is 4.98 Å². The summed E-state index contributed by atoms with van der Waals surface area (Å²) in [6, 6.07) is 23.2. The Morgan fingerprint density at radius 3 is 2.17 bits per heavy atom. The normalized spacial score (nSPS) is 14.2. The molecule has 1 aliphatic carbocycles. The van der Waals surface area contributed by atoms with Crippen molar-refractivity contribution in [3.05, 3.63) is 105 Å². The highest BCUT2D eigenvalue weighted by molar-refractivity contribution is 6.33. The topological polar surface area (TPSA) is 56.7 Å². The van der Waals surface area contributed by atoms with E-state index in [1.54, 1.807) is 0 Å². The summed E-state index contributed by atoms with van der Waals surface area (Å²) in [6.45, 7) is 2.08.